The first-order chi connectivity index (χ1) is 8.22. The van der Waals surface area contributed by atoms with Crippen molar-refractivity contribution in [1.29, 1.82) is 0 Å². The van der Waals surface area contributed by atoms with Crippen LogP contribution in [0.4, 0.5) is 0 Å². The van der Waals surface area contributed by atoms with Crippen LogP contribution in [0, 0.1) is 0 Å². The van der Waals surface area contributed by atoms with E-state index in [1.54, 1.807) is 18.2 Å². The molecule has 0 saturated heterocycles. The van der Waals surface area contributed by atoms with Gasteiger partial charge in [0, 0.05) is 0 Å². The molecule has 4 heteroatoms. The first kappa shape index (κ1) is 13.5. The number of aliphatic hydroxyl groups is 1. The summed E-state index contributed by atoms with van der Waals surface area (Å²) in [6, 6.07) is 6.88. The van der Waals surface area contributed by atoms with Crippen molar-refractivity contribution in [2.24, 2.45) is 0 Å². The number of hydrogen-bond donors (Lipinski definition) is 2. The summed E-state index contributed by atoms with van der Waals surface area (Å²) in [6.45, 7) is 4.24. The zero-order valence-electron chi connectivity index (χ0n) is 10.3. The zero-order chi connectivity index (χ0) is 12.7. The Balaban J connectivity index is 2.80. The lowest BCUT2D eigenvalue weighted by atomic mass is 10.1. The lowest BCUT2D eigenvalue weighted by Crippen LogP contribution is -2.37. The van der Waals surface area contributed by atoms with Gasteiger partial charge >= 0.3 is 0 Å². The zero-order valence-corrected chi connectivity index (χ0v) is 10.3. The van der Waals surface area contributed by atoms with Gasteiger partial charge in [0.1, 0.15) is 5.75 Å². The van der Waals surface area contributed by atoms with Gasteiger partial charge in [-0.05, 0) is 25.5 Å². The highest BCUT2D eigenvalue weighted by Gasteiger charge is 2.14. The molecule has 2 N–H and O–H groups in total. The van der Waals surface area contributed by atoms with Gasteiger partial charge in [-0.25, -0.2) is 0 Å². The highest BCUT2D eigenvalue weighted by atomic mass is 16.5. The number of aliphatic hydroxyl groups excluding tert-OH is 1. The van der Waals surface area contributed by atoms with Crippen LogP contribution < -0.4 is 10.1 Å². The molecule has 0 aromatic heterocycles. The van der Waals surface area contributed by atoms with Crippen LogP contribution >= 0.6 is 0 Å². The summed E-state index contributed by atoms with van der Waals surface area (Å²) in [5.41, 5.74) is 0.501. The molecule has 0 bridgehead atoms. The predicted molar refractivity (Wildman–Crippen MR) is 66.2 cm³/mol. The van der Waals surface area contributed by atoms with E-state index in [0.29, 0.717) is 24.3 Å². The van der Waals surface area contributed by atoms with Crippen molar-refractivity contribution < 1.29 is 14.6 Å². The van der Waals surface area contributed by atoms with E-state index < -0.39 is 0 Å². The Kier molecular flexibility index (Phi) is 5.49. The second-order valence-corrected chi connectivity index (χ2v) is 3.69. The average Bonchev–Trinajstić information content (AvgIpc) is 2.36. The van der Waals surface area contributed by atoms with Gasteiger partial charge in [0.15, 0.2) is 0 Å². The molecular weight excluding hydrogens is 218 g/mol. The Morgan fingerprint density at radius 1 is 1.41 bits per heavy atom. The molecule has 0 aliphatic heterocycles. The van der Waals surface area contributed by atoms with Crippen molar-refractivity contribution in [3.05, 3.63) is 29.8 Å². The van der Waals surface area contributed by atoms with Crippen LogP contribution in [-0.4, -0.2) is 30.3 Å². The van der Waals surface area contributed by atoms with Gasteiger partial charge in [-0.15, -0.1) is 0 Å². The van der Waals surface area contributed by atoms with Crippen LogP contribution in [0.3, 0.4) is 0 Å². The Hall–Kier alpha value is -1.55. The minimum atomic E-state index is -0.213. The van der Waals surface area contributed by atoms with E-state index in [4.69, 9.17) is 9.84 Å². The fourth-order valence-corrected chi connectivity index (χ4v) is 1.48. The molecule has 0 heterocycles. The van der Waals surface area contributed by atoms with Gasteiger partial charge in [-0.2, -0.15) is 0 Å². The topological polar surface area (TPSA) is 58.6 Å². The highest BCUT2D eigenvalue weighted by molar-refractivity contribution is 5.97. The third-order valence-electron chi connectivity index (χ3n) is 2.48. The molecule has 4 nitrogen and oxygen atoms in total. The van der Waals surface area contributed by atoms with Crippen molar-refractivity contribution in [2.75, 3.05) is 13.2 Å². The van der Waals surface area contributed by atoms with Gasteiger partial charge < -0.3 is 15.2 Å². The molecule has 0 aliphatic rings. The monoisotopic (exact) mass is 237 g/mol. The molecule has 0 aliphatic carbocycles. The number of hydrogen-bond acceptors (Lipinski definition) is 3. The second kappa shape index (κ2) is 6.91. The molecule has 17 heavy (non-hydrogen) atoms. The summed E-state index contributed by atoms with van der Waals surface area (Å²) in [5.74, 6) is 0.357. The number of rotatable bonds is 6. The van der Waals surface area contributed by atoms with Crippen molar-refractivity contribution in [1.82, 2.24) is 5.32 Å². The predicted octanol–water partition coefficient (Wildman–Crippen LogP) is 1.59. The van der Waals surface area contributed by atoms with Crippen molar-refractivity contribution >= 4 is 5.91 Å². The van der Waals surface area contributed by atoms with E-state index >= 15 is 0 Å². The highest BCUT2D eigenvalue weighted by Crippen LogP contribution is 2.17. The number of benzene rings is 1. The third kappa shape index (κ3) is 3.75. The maximum Gasteiger partial charge on any atom is 0.255 e. The summed E-state index contributed by atoms with van der Waals surface area (Å²) in [4.78, 5) is 12.0. The summed E-state index contributed by atoms with van der Waals surface area (Å²) >= 11 is 0. The first-order valence-electron chi connectivity index (χ1n) is 5.86. The SMILES string of the molecule is CCOc1ccccc1C(=O)NC(CC)CO. The Labute approximate surface area is 102 Å². The van der Waals surface area contributed by atoms with Crippen LogP contribution in [0.2, 0.25) is 0 Å². The summed E-state index contributed by atoms with van der Waals surface area (Å²) < 4.78 is 5.38. The number of amides is 1. The average molecular weight is 237 g/mol. The lowest BCUT2D eigenvalue weighted by molar-refractivity contribution is 0.0911. The standard InChI is InChI=1S/C13H19NO3/c1-3-10(9-15)14-13(16)11-7-5-6-8-12(11)17-4-2/h5-8,10,15H,3-4,9H2,1-2H3,(H,14,16). The van der Waals surface area contributed by atoms with Crippen LogP contribution in [0.25, 0.3) is 0 Å². The number of ether oxygens (including phenoxy) is 1. The molecule has 0 radical (unpaired) electrons. The Bertz CT molecular complexity index is 361. The number of nitrogens with one attached hydrogen (secondary N) is 1. The lowest BCUT2D eigenvalue weighted by Gasteiger charge is -2.15. The van der Waals surface area contributed by atoms with Gasteiger partial charge in [0.2, 0.25) is 0 Å². The minimum absolute atomic E-state index is 0.0565. The van der Waals surface area contributed by atoms with E-state index in [1.807, 2.05) is 19.9 Å². The quantitative estimate of drug-likeness (QED) is 0.790. The summed E-state index contributed by atoms with van der Waals surface area (Å²) in [5, 5.41) is 11.8. The molecule has 0 fully saturated rings. The van der Waals surface area contributed by atoms with Crippen LogP contribution in [0.1, 0.15) is 30.6 Å². The molecule has 1 amide bonds. The fourth-order valence-electron chi connectivity index (χ4n) is 1.48. The molecule has 0 spiro atoms. The largest absolute Gasteiger partial charge is 0.493 e. The van der Waals surface area contributed by atoms with E-state index in [-0.39, 0.29) is 18.6 Å². The molecule has 0 saturated carbocycles. The molecule has 94 valence electrons. The summed E-state index contributed by atoms with van der Waals surface area (Å²) in [7, 11) is 0. The van der Waals surface area contributed by atoms with Gasteiger partial charge in [-0.3, -0.25) is 4.79 Å². The number of carbonyl (C=O) groups excluding carboxylic acids is 1. The van der Waals surface area contributed by atoms with E-state index in [9.17, 15) is 4.79 Å². The summed E-state index contributed by atoms with van der Waals surface area (Å²) in [6.07, 6.45) is 0.693. The molecule has 1 aromatic carbocycles. The van der Waals surface area contributed by atoms with Crippen LogP contribution in [0.15, 0.2) is 24.3 Å². The Morgan fingerprint density at radius 2 is 2.12 bits per heavy atom. The normalized spacial score (nSPS) is 11.9. The van der Waals surface area contributed by atoms with E-state index in [2.05, 4.69) is 5.32 Å². The number of carbonyl (C=O) groups is 1. The maximum atomic E-state index is 12.0. The first-order valence-corrected chi connectivity index (χ1v) is 5.86. The van der Waals surface area contributed by atoms with Crippen molar-refractivity contribution in [3.8, 4) is 5.75 Å². The molecule has 1 rings (SSSR count). The fraction of sp³-hybridized carbons (Fsp3) is 0.462. The minimum Gasteiger partial charge on any atom is -0.493 e. The Morgan fingerprint density at radius 3 is 2.71 bits per heavy atom. The van der Waals surface area contributed by atoms with E-state index in [0.717, 1.165) is 0 Å². The molecule has 1 atom stereocenters. The van der Waals surface area contributed by atoms with Crippen molar-refractivity contribution in [3.63, 3.8) is 0 Å². The van der Waals surface area contributed by atoms with Crippen LogP contribution in [-0.2, 0) is 0 Å². The number of para-hydroxylation sites is 1. The van der Waals surface area contributed by atoms with Gasteiger partial charge in [-0.1, -0.05) is 19.1 Å². The molecule has 1 aromatic rings. The van der Waals surface area contributed by atoms with Crippen LogP contribution in [0.5, 0.6) is 5.75 Å². The smallest absolute Gasteiger partial charge is 0.255 e. The molecule has 1 unspecified atom stereocenters. The third-order valence-corrected chi connectivity index (χ3v) is 2.48. The molecular formula is C13H19NO3. The van der Waals surface area contributed by atoms with Gasteiger partial charge in [0.05, 0.1) is 24.8 Å². The van der Waals surface area contributed by atoms with Crippen molar-refractivity contribution in [2.45, 2.75) is 26.3 Å². The second-order valence-electron chi connectivity index (χ2n) is 3.69. The maximum absolute atomic E-state index is 12.0. The van der Waals surface area contributed by atoms with E-state index in [1.165, 1.54) is 0 Å². The van der Waals surface area contributed by atoms with Gasteiger partial charge in [0.25, 0.3) is 5.91 Å².